The predicted molar refractivity (Wildman–Crippen MR) is 119 cm³/mol. The van der Waals surface area contributed by atoms with E-state index in [0.717, 1.165) is 57.7 Å². The first-order valence-electron chi connectivity index (χ1n) is 11.9. The standard InChI is InChI=1S/C22H42N6O/c1-3-25-13-8-20(9-14-25)7-10-24-22(23-2)28-17-15-26(16-18-28)19-21(29)27-11-5-4-6-12-27/h20H,3-19H2,1-2H3,(H,23,24). The largest absolute Gasteiger partial charge is 0.356 e. The van der Waals surface area contributed by atoms with Crippen LogP contribution in [0, 0.1) is 5.92 Å². The Morgan fingerprint density at radius 3 is 2.21 bits per heavy atom. The van der Waals surface area contributed by atoms with Crippen LogP contribution in [0.25, 0.3) is 0 Å². The maximum Gasteiger partial charge on any atom is 0.236 e. The summed E-state index contributed by atoms with van der Waals surface area (Å²) in [4.78, 5) is 26.3. The molecular formula is C22H42N6O. The van der Waals surface area contributed by atoms with Crippen molar-refractivity contribution in [3.63, 3.8) is 0 Å². The fourth-order valence-electron chi connectivity index (χ4n) is 4.86. The van der Waals surface area contributed by atoms with Crippen LogP contribution in [0.1, 0.15) is 45.4 Å². The molecule has 0 spiro atoms. The smallest absolute Gasteiger partial charge is 0.236 e. The van der Waals surface area contributed by atoms with Crippen LogP contribution >= 0.6 is 0 Å². The van der Waals surface area contributed by atoms with Crippen LogP contribution < -0.4 is 5.32 Å². The molecule has 0 unspecified atom stereocenters. The molecule has 3 heterocycles. The molecule has 3 saturated heterocycles. The molecule has 166 valence electrons. The number of aliphatic imine (C=N–C) groups is 1. The van der Waals surface area contributed by atoms with Crippen molar-refractivity contribution in [2.24, 2.45) is 10.9 Å². The van der Waals surface area contributed by atoms with Gasteiger partial charge in [-0.2, -0.15) is 0 Å². The zero-order chi connectivity index (χ0) is 20.5. The van der Waals surface area contributed by atoms with Gasteiger partial charge in [0.25, 0.3) is 0 Å². The molecule has 0 saturated carbocycles. The van der Waals surface area contributed by atoms with E-state index in [-0.39, 0.29) is 0 Å². The van der Waals surface area contributed by atoms with Gasteiger partial charge in [0, 0.05) is 52.9 Å². The first kappa shape index (κ1) is 22.3. The summed E-state index contributed by atoms with van der Waals surface area (Å²) in [6.45, 7) is 13.2. The number of hydrogen-bond donors (Lipinski definition) is 1. The van der Waals surface area contributed by atoms with Crippen molar-refractivity contribution < 1.29 is 4.79 Å². The van der Waals surface area contributed by atoms with Crippen LogP contribution in [0.15, 0.2) is 4.99 Å². The number of nitrogens with one attached hydrogen (secondary N) is 1. The summed E-state index contributed by atoms with van der Waals surface area (Å²) in [6.07, 6.45) is 7.50. The number of carbonyl (C=O) groups is 1. The van der Waals surface area contributed by atoms with Crippen molar-refractivity contribution in [3.8, 4) is 0 Å². The van der Waals surface area contributed by atoms with E-state index in [2.05, 4.69) is 36.8 Å². The molecule has 3 rings (SSSR count). The second-order valence-electron chi connectivity index (χ2n) is 8.84. The van der Waals surface area contributed by atoms with Crippen molar-refractivity contribution in [3.05, 3.63) is 0 Å². The fourth-order valence-corrected chi connectivity index (χ4v) is 4.86. The minimum atomic E-state index is 0.315. The van der Waals surface area contributed by atoms with E-state index >= 15 is 0 Å². The quantitative estimate of drug-likeness (QED) is 0.533. The Kier molecular flexibility index (Phi) is 9.05. The van der Waals surface area contributed by atoms with Gasteiger partial charge in [-0.25, -0.2) is 0 Å². The number of piperidine rings is 2. The minimum absolute atomic E-state index is 0.315. The SMILES string of the molecule is CCN1CCC(CCNC(=NC)N2CCN(CC(=O)N3CCCCC3)CC2)CC1. The summed E-state index contributed by atoms with van der Waals surface area (Å²) in [5.41, 5.74) is 0. The first-order chi connectivity index (χ1) is 14.2. The maximum atomic E-state index is 12.5. The molecule has 1 N–H and O–H groups in total. The van der Waals surface area contributed by atoms with Gasteiger partial charge in [0.1, 0.15) is 0 Å². The monoisotopic (exact) mass is 406 g/mol. The van der Waals surface area contributed by atoms with E-state index in [1.54, 1.807) is 0 Å². The summed E-state index contributed by atoms with van der Waals surface area (Å²) in [7, 11) is 1.88. The van der Waals surface area contributed by atoms with Crippen molar-refractivity contribution in [2.75, 3.05) is 79.0 Å². The highest BCUT2D eigenvalue weighted by atomic mass is 16.2. The first-order valence-corrected chi connectivity index (χ1v) is 11.9. The van der Waals surface area contributed by atoms with Crippen LogP contribution in [0.2, 0.25) is 0 Å². The van der Waals surface area contributed by atoms with Gasteiger partial charge in [0.05, 0.1) is 6.54 Å². The van der Waals surface area contributed by atoms with Gasteiger partial charge in [-0.05, 0) is 64.1 Å². The third-order valence-corrected chi connectivity index (χ3v) is 6.94. The third kappa shape index (κ3) is 6.85. The van der Waals surface area contributed by atoms with Crippen LogP contribution in [-0.2, 0) is 4.79 Å². The Morgan fingerprint density at radius 1 is 0.897 bits per heavy atom. The summed E-state index contributed by atoms with van der Waals surface area (Å²) in [6, 6.07) is 0. The fraction of sp³-hybridized carbons (Fsp3) is 0.909. The molecule has 0 aromatic heterocycles. The lowest BCUT2D eigenvalue weighted by atomic mass is 9.93. The number of piperazine rings is 1. The van der Waals surface area contributed by atoms with Gasteiger partial charge in [-0.1, -0.05) is 6.92 Å². The van der Waals surface area contributed by atoms with Gasteiger partial charge < -0.3 is 20.0 Å². The highest BCUT2D eigenvalue weighted by Crippen LogP contribution is 2.19. The van der Waals surface area contributed by atoms with Crippen LogP contribution in [0.3, 0.4) is 0 Å². The third-order valence-electron chi connectivity index (χ3n) is 6.94. The molecule has 0 radical (unpaired) electrons. The number of carbonyl (C=O) groups excluding carboxylic acids is 1. The zero-order valence-electron chi connectivity index (χ0n) is 18.7. The summed E-state index contributed by atoms with van der Waals surface area (Å²) in [5.74, 6) is 2.19. The van der Waals surface area contributed by atoms with E-state index in [1.165, 1.54) is 58.2 Å². The molecule has 29 heavy (non-hydrogen) atoms. The van der Waals surface area contributed by atoms with Crippen LogP contribution in [0.4, 0.5) is 0 Å². The summed E-state index contributed by atoms with van der Waals surface area (Å²) in [5, 5.41) is 3.59. The minimum Gasteiger partial charge on any atom is -0.356 e. The summed E-state index contributed by atoms with van der Waals surface area (Å²) >= 11 is 0. The van der Waals surface area contributed by atoms with Crippen LogP contribution in [-0.4, -0.2) is 111 Å². The molecule has 3 aliphatic rings. The lowest BCUT2D eigenvalue weighted by molar-refractivity contribution is -0.133. The second-order valence-corrected chi connectivity index (χ2v) is 8.84. The Morgan fingerprint density at radius 2 is 1.59 bits per heavy atom. The Hall–Kier alpha value is -1.34. The number of amides is 1. The van der Waals surface area contributed by atoms with E-state index in [0.29, 0.717) is 12.5 Å². The van der Waals surface area contributed by atoms with E-state index in [1.807, 2.05) is 7.05 Å². The van der Waals surface area contributed by atoms with Crippen molar-refractivity contribution >= 4 is 11.9 Å². The van der Waals surface area contributed by atoms with E-state index in [4.69, 9.17) is 0 Å². The maximum absolute atomic E-state index is 12.5. The molecule has 0 aromatic carbocycles. The van der Waals surface area contributed by atoms with Crippen LogP contribution in [0.5, 0.6) is 0 Å². The zero-order valence-corrected chi connectivity index (χ0v) is 18.7. The van der Waals surface area contributed by atoms with Crippen molar-refractivity contribution in [2.45, 2.75) is 45.4 Å². The molecular weight excluding hydrogens is 364 g/mol. The Balaban J connectivity index is 1.32. The molecule has 0 aromatic rings. The molecule has 0 bridgehead atoms. The molecule has 7 nitrogen and oxygen atoms in total. The molecule has 0 aliphatic carbocycles. The predicted octanol–water partition coefficient (Wildman–Crippen LogP) is 1.31. The second kappa shape index (κ2) is 11.7. The van der Waals surface area contributed by atoms with E-state index in [9.17, 15) is 4.79 Å². The average molecular weight is 407 g/mol. The highest BCUT2D eigenvalue weighted by molar-refractivity contribution is 5.80. The topological polar surface area (TPSA) is 54.4 Å². The number of rotatable bonds is 6. The molecule has 3 aliphatic heterocycles. The average Bonchev–Trinajstić information content (AvgIpc) is 2.78. The Bertz CT molecular complexity index is 517. The molecule has 0 atom stereocenters. The molecule has 7 heteroatoms. The van der Waals surface area contributed by atoms with Crippen molar-refractivity contribution in [1.29, 1.82) is 0 Å². The summed E-state index contributed by atoms with van der Waals surface area (Å²) < 4.78 is 0. The number of nitrogens with zero attached hydrogens (tertiary/aromatic N) is 5. The number of guanidine groups is 1. The lowest BCUT2D eigenvalue weighted by Gasteiger charge is -2.37. The van der Waals surface area contributed by atoms with Crippen molar-refractivity contribution in [1.82, 2.24) is 24.9 Å². The van der Waals surface area contributed by atoms with Gasteiger partial charge in [0.2, 0.25) is 5.91 Å². The van der Waals surface area contributed by atoms with E-state index < -0.39 is 0 Å². The highest BCUT2D eigenvalue weighted by Gasteiger charge is 2.24. The normalized spacial score (nSPS) is 23.4. The molecule has 3 fully saturated rings. The molecule has 1 amide bonds. The number of likely N-dealkylation sites (tertiary alicyclic amines) is 2. The van der Waals surface area contributed by atoms with Gasteiger partial charge in [-0.15, -0.1) is 0 Å². The van der Waals surface area contributed by atoms with Gasteiger partial charge >= 0.3 is 0 Å². The number of hydrogen-bond acceptors (Lipinski definition) is 4. The Labute approximate surface area is 177 Å². The van der Waals surface area contributed by atoms with Gasteiger partial charge in [-0.3, -0.25) is 14.7 Å². The lowest BCUT2D eigenvalue weighted by Crippen LogP contribution is -2.54. The van der Waals surface area contributed by atoms with Gasteiger partial charge in [0.15, 0.2) is 5.96 Å².